The smallest absolute Gasteiger partial charge is 0.409 e. The summed E-state index contributed by atoms with van der Waals surface area (Å²) in [5, 5.41) is 16.6. The lowest BCUT2D eigenvalue weighted by Gasteiger charge is -2.38. The molecule has 1 fully saturated rings. The molecule has 0 atom stereocenters. The Labute approximate surface area is 166 Å². The number of carbonyl (C=O) groups excluding carboxylic acids is 1. The van der Waals surface area contributed by atoms with Crippen molar-refractivity contribution in [3.63, 3.8) is 0 Å². The fourth-order valence-electron chi connectivity index (χ4n) is 4.11. The van der Waals surface area contributed by atoms with Crippen molar-refractivity contribution in [2.75, 3.05) is 19.7 Å². The van der Waals surface area contributed by atoms with Crippen LogP contribution in [0.5, 0.6) is 0 Å². The van der Waals surface area contributed by atoms with E-state index < -0.39 is 12.1 Å². The Kier molecular flexibility index (Phi) is 4.04. The van der Waals surface area contributed by atoms with Gasteiger partial charge in [-0.05, 0) is 22.3 Å². The Morgan fingerprint density at radius 2 is 1.66 bits per heavy atom. The minimum atomic E-state index is -1.09. The summed E-state index contributed by atoms with van der Waals surface area (Å²) in [4.78, 5) is 25.2. The summed E-state index contributed by atoms with van der Waals surface area (Å²) < 4.78 is 6.96. The van der Waals surface area contributed by atoms with Crippen LogP contribution in [0.25, 0.3) is 11.1 Å². The topological polar surface area (TPSA) is 97.5 Å². The monoisotopic (exact) mass is 390 g/mol. The maximum atomic E-state index is 12.5. The number of carboxylic acids is 1. The van der Waals surface area contributed by atoms with Crippen molar-refractivity contribution in [3.8, 4) is 11.1 Å². The molecule has 2 aliphatic rings. The number of carbonyl (C=O) groups is 2. The molecule has 146 valence electrons. The number of hydrogen-bond donors (Lipinski definition) is 1. The minimum absolute atomic E-state index is 0.0114. The van der Waals surface area contributed by atoms with Crippen molar-refractivity contribution in [1.82, 2.24) is 19.9 Å². The minimum Gasteiger partial charge on any atom is -0.476 e. The van der Waals surface area contributed by atoms with Crippen molar-refractivity contribution in [2.24, 2.45) is 0 Å². The van der Waals surface area contributed by atoms with Crippen LogP contribution in [0, 0.1) is 0 Å². The van der Waals surface area contributed by atoms with E-state index in [1.165, 1.54) is 22.0 Å². The summed E-state index contributed by atoms with van der Waals surface area (Å²) in [5.41, 5.74) is 4.71. The Balaban J connectivity index is 1.24. The molecule has 0 saturated carbocycles. The highest BCUT2D eigenvalue weighted by Gasteiger charge is 2.37. The van der Waals surface area contributed by atoms with Crippen molar-refractivity contribution in [1.29, 1.82) is 0 Å². The molecule has 3 aromatic rings. The van der Waals surface area contributed by atoms with Gasteiger partial charge in [0, 0.05) is 19.0 Å². The molecular formula is C21H18N4O4. The quantitative estimate of drug-likeness (QED) is 0.736. The molecule has 1 aliphatic heterocycles. The number of ether oxygens (including phenoxy) is 1. The number of amides is 1. The molecule has 8 heteroatoms. The maximum Gasteiger partial charge on any atom is 0.409 e. The average molecular weight is 390 g/mol. The Morgan fingerprint density at radius 3 is 2.28 bits per heavy atom. The third-order valence-electron chi connectivity index (χ3n) is 5.60. The van der Waals surface area contributed by atoms with Gasteiger partial charge in [0.2, 0.25) is 0 Å². The van der Waals surface area contributed by atoms with Gasteiger partial charge in [-0.25, -0.2) is 14.3 Å². The molecule has 0 spiro atoms. The zero-order valence-electron chi connectivity index (χ0n) is 15.4. The number of rotatable bonds is 4. The predicted molar refractivity (Wildman–Crippen MR) is 103 cm³/mol. The zero-order valence-corrected chi connectivity index (χ0v) is 15.4. The maximum absolute atomic E-state index is 12.5. The van der Waals surface area contributed by atoms with E-state index >= 15 is 0 Å². The Hall–Kier alpha value is -3.68. The van der Waals surface area contributed by atoms with Gasteiger partial charge in [0.05, 0.1) is 12.2 Å². The molecule has 1 N–H and O–H groups in total. The van der Waals surface area contributed by atoms with Crippen LogP contribution >= 0.6 is 0 Å². The summed E-state index contributed by atoms with van der Waals surface area (Å²) in [6, 6.07) is 16.2. The molecular weight excluding hydrogens is 372 g/mol. The van der Waals surface area contributed by atoms with Gasteiger partial charge >= 0.3 is 12.1 Å². The normalized spacial score (nSPS) is 15.5. The van der Waals surface area contributed by atoms with Gasteiger partial charge in [-0.1, -0.05) is 53.7 Å². The molecule has 1 aromatic heterocycles. The molecule has 1 aliphatic carbocycles. The summed E-state index contributed by atoms with van der Waals surface area (Å²) in [5.74, 6) is -1.08. The molecule has 8 nitrogen and oxygen atoms in total. The van der Waals surface area contributed by atoms with E-state index in [9.17, 15) is 9.59 Å². The van der Waals surface area contributed by atoms with Crippen LogP contribution in [0.15, 0.2) is 54.7 Å². The first-order valence-corrected chi connectivity index (χ1v) is 9.37. The number of carboxylic acid groups (broad SMARTS) is 1. The summed E-state index contributed by atoms with van der Waals surface area (Å²) >= 11 is 0. The first-order valence-electron chi connectivity index (χ1n) is 9.37. The molecule has 5 rings (SSSR count). The molecule has 2 heterocycles. The zero-order chi connectivity index (χ0) is 20.0. The van der Waals surface area contributed by atoms with Gasteiger partial charge < -0.3 is 14.7 Å². The Morgan fingerprint density at radius 1 is 1.03 bits per heavy atom. The van der Waals surface area contributed by atoms with Crippen LogP contribution in [0.4, 0.5) is 4.79 Å². The third kappa shape index (κ3) is 2.84. The molecule has 1 amide bonds. The standard InChI is InChI=1S/C21H18N4O4/c26-20(27)19-9-22-23-25(19)13-10-24(11-13)21(28)29-12-18-16-7-3-1-5-14(16)15-6-2-4-8-17(15)18/h1-9,13,18H,10-12H2,(H,26,27). The molecule has 29 heavy (non-hydrogen) atoms. The average Bonchev–Trinajstić information content (AvgIpc) is 3.29. The first kappa shape index (κ1) is 17.4. The highest BCUT2D eigenvalue weighted by Crippen LogP contribution is 2.44. The number of likely N-dealkylation sites (tertiary alicyclic amines) is 1. The highest BCUT2D eigenvalue weighted by molar-refractivity contribution is 5.85. The van der Waals surface area contributed by atoms with Gasteiger partial charge in [-0.15, -0.1) is 5.10 Å². The van der Waals surface area contributed by atoms with Crippen LogP contribution in [0.1, 0.15) is 33.6 Å². The number of benzene rings is 2. The second kappa shape index (κ2) is 6.73. The Bertz CT molecular complexity index is 1060. The second-order valence-corrected chi connectivity index (χ2v) is 7.23. The van der Waals surface area contributed by atoms with Crippen LogP contribution in [0.2, 0.25) is 0 Å². The number of hydrogen-bond acceptors (Lipinski definition) is 5. The van der Waals surface area contributed by atoms with Crippen LogP contribution in [-0.2, 0) is 4.74 Å². The van der Waals surface area contributed by atoms with E-state index in [-0.39, 0.29) is 24.3 Å². The van der Waals surface area contributed by atoms with E-state index in [1.54, 1.807) is 4.90 Å². The van der Waals surface area contributed by atoms with Gasteiger partial charge in [0.25, 0.3) is 0 Å². The summed E-state index contributed by atoms with van der Waals surface area (Å²) in [6.07, 6.45) is 0.804. The van der Waals surface area contributed by atoms with E-state index in [4.69, 9.17) is 9.84 Å². The van der Waals surface area contributed by atoms with Crippen LogP contribution in [-0.4, -0.2) is 56.8 Å². The fourth-order valence-corrected chi connectivity index (χ4v) is 4.11. The van der Waals surface area contributed by atoms with E-state index in [1.807, 2.05) is 24.3 Å². The first-order chi connectivity index (χ1) is 14.1. The molecule has 0 unspecified atom stereocenters. The van der Waals surface area contributed by atoms with Gasteiger partial charge in [-0.3, -0.25) is 0 Å². The number of fused-ring (bicyclic) bond motifs is 3. The van der Waals surface area contributed by atoms with Crippen LogP contribution in [0.3, 0.4) is 0 Å². The molecule has 0 radical (unpaired) electrons. The van der Waals surface area contributed by atoms with E-state index in [0.29, 0.717) is 13.1 Å². The van der Waals surface area contributed by atoms with Gasteiger partial charge in [0.15, 0.2) is 5.69 Å². The number of aromatic carboxylic acids is 1. The fraction of sp³-hybridized carbons (Fsp3) is 0.238. The summed E-state index contributed by atoms with van der Waals surface area (Å²) in [6.45, 7) is 0.957. The van der Waals surface area contributed by atoms with Crippen molar-refractivity contribution >= 4 is 12.1 Å². The van der Waals surface area contributed by atoms with E-state index in [2.05, 4.69) is 34.6 Å². The third-order valence-corrected chi connectivity index (χ3v) is 5.60. The lowest BCUT2D eigenvalue weighted by molar-refractivity contribution is 0.0488. The number of aromatic nitrogens is 3. The van der Waals surface area contributed by atoms with Gasteiger partial charge in [0.1, 0.15) is 6.61 Å². The van der Waals surface area contributed by atoms with Crippen molar-refractivity contribution in [2.45, 2.75) is 12.0 Å². The van der Waals surface area contributed by atoms with Crippen LogP contribution < -0.4 is 0 Å². The molecule has 2 aromatic carbocycles. The van der Waals surface area contributed by atoms with Crippen molar-refractivity contribution < 1.29 is 19.4 Å². The highest BCUT2D eigenvalue weighted by atomic mass is 16.6. The van der Waals surface area contributed by atoms with Crippen molar-refractivity contribution in [3.05, 3.63) is 71.5 Å². The van der Waals surface area contributed by atoms with Gasteiger partial charge in [-0.2, -0.15) is 0 Å². The number of nitrogens with zero attached hydrogens (tertiary/aromatic N) is 4. The summed E-state index contributed by atoms with van der Waals surface area (Å²) in [7, 11) is 0. The van der Waals surface area contributed by atoms with E-state index in [0.717, 1.165) is 11.1 Å². The molecule has 1 saturated heterocycles. The SMILES string of the molecule is O=C(O)c1cnnn1C1CN(C(=O)OCC2c3ccccc3-c3ccccc32)C1. The lowest BCUT2D eigenvalue weighted by atomic mass is 9.98. The molecule has 0 bridgehead atoms. The lowest BCUT2D eigenvalue weighted by Crippen LogP contribution is -2.51. The predicted octanol–water partition coefficient (Wildman–Crippen LogP) is 2.78. The second-order valence-electron chi connectivity index (χ2n) is 7.23. The largest absolute Gasteiger partial charge is 0.476 e.